The van der Waals surface area contributed by atoms with Crippen LogP contribution >= 0.6 is 12.6 Å². The first-order chi connectivity index (χ1) is 10.3. The predicted molar refractivity (Wildman–Crippen MR) is 94.0 cm³/mol. The molecule has 0 radical (unpaired) electrons. The molecule has 0 atom stereocenters. The lowest BCUT2D eigenvalue weighted by Gasteiger charge is -2.11. The highest BCUT2D eigenvalue weighted by Crippen LogP contribution is 2.28. The summed E-state index contributed by atoms with van der Waals surface area (Å²) in [4.78, 5) is 0. The highest BCUT2D eigenvalue weighted by atomic mass is 32.1. The Morgan fingerprint density at radius 2 is 1.57 bits per heavy atom. The van der Waals surface area contributed by atoms with Gasteiger partial charge in [-0.3, -0.25) is 0 Å². The molecule has 1 rings (SSSR count). The second-order valence-electron chi connectivity index (χ2n) is 5.39. The Kier molecular flexibility index (Phi) is 10.2. The van der Waals surface area contributed by atoms with Crippen LogP contribution in [0.4, 0.5) is 0 Å². The molecule has 0 saturated heterocycles. The minimum atomic E-state index is 0.776. The number of hydrogen-bond donors (Lipinski definition) is 1. The number of aryl methyl sites for hydroxylation is 1. The van der Waals surface area contributed by atoms with Gasteiger partial charge in [0.1, 0.15) is 0 Å². The van der Waals surface area contributed by atoms with Crippen molar-refractivity contribution in [1.82, 2.24) is 0 Å². The lowest BCUT2D eigenvalue weighted by Crippen LogP contribution is -2.00. The Bertz CT molecular complexity index is 379. The number of thiol groups is 1. The predicted octanol–water partition coefficient (Wildman–Crippen LogP) is 5.30. The van der Waals surface area contributed by atoms with Crippen molar-refractivity contribution >= 4 is 12.6 Å². The van der Waals surface area contributed by atoms with E-state index < -0.39 is 0 Å². The van der Waals surface area contributed by atoms with Gasteiger partial charge in [-0.15, -0.1) is 0 Å². The van der Waals surface area contributed by atoms with Crippen LogP contribution in [0.5, 0.6) is 11.5 Å². The first-order valence-corrected chi connectivity index (χ1v) is 8.85. The molecule has 0 aromatic heterocycles. The van der Waals surface area contributed by atoms with Crippen molar-refractivity contribution in [2.45, 2.75) is 58.3 Å². The van der Waals surface area contributed by atoms with Gasteiger partial charge in [0.05, 0.1) is 13.7 Å². The number of ether oxygens (including phenoxy) is 2. The summed E-state index contributed by atoms with van der Waals surface area (Å²) < 4.78 is 11.2. The molecule has 0 spiro atoms. The summed E-state index contributed by atoms with van der Waals surface area (Å²) in [5.74, 6) is 2.73. The van der Waals surface area contributed by atoms with Crippen LogP contribution in [0, 0.1) is 0 Å². The fourth-order valence-electron chi connectivity index (χ4n) is 2.33. The zero-order valence-corrected chi connectivity index (χ0v) is 14.5. The molecule has 0 fully saturated rings. The minimum absolute atomic E-state index is 0.776. The van der Waals surface area contributed by atoms with Crippen LogP contribution in [0.3, 0.4) is 0 Å². The standard InChI is InChI=1S/C18H30O2S/c1-3-16-11-12-17(18(15-16)19-2)20-13-9-7-5-4-6-8-10-14-21/h11-12,15,21H,3-10,13-14H2,1-2H3. The van der Waals surface area contributed by atoms with E-state index in [1.54, 1.807) is 7.11 Å². The van der Waals surface area contributed by atoms with Crippen molar-refractivity contribution in [3.63, 3.8) is 0 Å². The van der Waals surface area contributed by atoms with Crippen LogP contribution < -0.4 is 9.47 Å². The number of methoxy groups -OCH3 is 1. The van der Waals surface area contributed by atoms with Gasteiger partial charge in [-0.2, -0.15) is 12.6 Å². The van der Waals surface area contributed by atoms with Crippen LogP contribution in [0.15, 0.2) is 18.2 Å². The highest BCUT2D eigenvalue weighted by Gasteiger charge is 2.04. The van der Waals surface area contributed by atoms with Crippen LogP contribution in [0.25, 0.3) is 0 Å². The molecule has 0 heterocycles. The smallest absolute Gasteiger partial charge is 0.161 e. The van der Waals surface area contributed by atoms with E-state index in [9.17, 15) is 0 Å². The first kappa shape index (κ1) is 18.2. The summed E-state index contributed by atoms with van der Waals surface area (Å²) in [5.41, 5.74) is 1.28. The van der Waals surface area contributed by atoms with Gasteiger partial charge >= 0.3 is 0 Å². The lowest BCUT2D eigenvalue weighted by atomic mass is 10.1. The third-order valence-corrected chi connectivity index (χ3v) is 4.01. The molecule has 3 heteroatoms. The van der Waals surface area contributed by atoms with Gasteiger partial charge in [-0.25, -0.2) is 0 Å². The van der Waals surface area contributed by atoms with Gasteiger partial charge < -0.3 is 9.47 Å². The number of benzene rings is 1. The Labute approximate surface area is 135 Å². The molecule has 21 heavy (non-hydrogen) atoms. The molecule has 0 aliphatic carbocycles. The van der Waals surface area contributed by atoms with Gasteiger partial charge in [0.2, 0.25) is 0 Å². The Morgan fingerprint density at radius 3 is 2.19 bits per heavy atom. The summed E-state index contributed by atoms with van der Waals surface area (Å²) >= 11 is 4.23. The molecule has 1 aromatic carbocycles. The summed E-state index contributed by atoms with van der Waals surface area (Å²) in [6, 6.07) is 6.20. The van der Waals surface area contributed by atoms with E-state index in [0.717, 1.165) is 36.7 Å². The average molecular weight is 311 g/mol. The molecule has 0 aliphatic heterocycles. The van der Waals surface area contributed by atoms with Gasteiger partial charge in [0, 0.05) is 0 Å². The lowest BCUT2D eigenvalue weighted by molar-refractivity contribution is 0.284. The number of unbranched alkanes of at least 4 members (excludes halogenated alkanes) is 6. The zero-order chi connectivity index (χ0) is 15.3. The summed E-state index contributed by atoms with van der Waals surface area (Å²) in [7, 11) is 1.70. The SMILES string of the molecule is CCc1ccc(OCCCCCCCCCS)c(OC)c1. The van der Waals surface area contributed by atoms with E-state index in [1.165, 1.54) is 44.1 Å². The van der Waals surface area contributed by atoms with Crippen molar-refractivity contribution in [3.8, 4) is 11.5 Å². The molecule has 0 amide bonds. The van der Waals surface area contributed by atoms with Crippen molar-refractivity contribution in [2.75, 3.05) is 19.5 Å². The van der Waals surface area contributed by atoms with Gasteiger partial charge in [-0.05, 0) is 42.7 Å². The molecular weight excluding hydrogens is 280 g/mol. The second kappa shape index (κ2) is 11.8. The van der Waals surface area contributed by atoms with Crippen LogP contribution in [-0.2, 0) is 6.42 Å². The van der Waals surface area contributed by atoms with Gasteiger partial charge in [-0.1, -0.05) is 45.1 Å². The Morgan fingerprint density at radius 1 is 0.905 bits per heavy atom. The van der Waals surface area contributed by atoms with E-state index in [1.807, 2.05) is 6.07 Å². The molecule has 0 unspecified atom stereocenters. The normalized spacial score (nSPS) is 10.6. The molecule has 0 N–H and O–H groups in total. The topological polar surface area (TPSA) is 18.5 Å². The fourth-order valence-corrected chi connectivity index (χ4v) is 2.55. The minimum Gasteiger partial charge on any atom is -0.493 e. The molecular formula is C18H30O2S. The van der Waals surface area contributed by atoms with E-state index in [-0.39, 0.29) is 0 Å². The number of hydrogen-bond acceptors (Lipinski definition) is 3. The Balaban J connectivity index is 2.15. The van der Waals surface area contributed by atoms with Gasteiger partial charge in [0.25, 0.3) is 0 Å². The third-order valence-electron chi connectivity index (χ3n) is 3.70. The summed E-state index contributed by atoms with van der Waals surface area (Å²) in [5, 5.41) is 0. The van der Waals surface area contributed by atoms with Crippen molar-refractivity contribution < 1.29 is 9.47 Å². The van der Waals surface area contributed by atoms with E-state index in [4.69, 9.17) is 9.47 Å². The maximum Gasteiger partial charge on any atom is 0.161 e. The summed E-state index contributed by atoms with van der Waals surface area (Å²) in [6.07, 6.45) is 9.93. The maximum atomic E-state index is 5.84. The average Bonchev–Trinajstić information content (AvgIpc) is 2.53. The fraction of sp³-hybridized carbons (Fsp3) is 0.667. The van der Waals surface area contributed by atoms with E-state index in [2.05, 4.69) is 31.7 Å². The molecule has 1 aromatic rings. The molecule has 2 nitrogen and oxygen atoms in total. The second-order valence-corrected chi connectivity index (χ2v) is 5.83. The van der Waals surface area contributed by atoms with Gasteiger partial charge in [0.15, 0.2) is 11.5 Å². The summed E-state index contributed by atoms with van der Waals surface area (Å²) in [6.45, 7) is 2.92. The number of rotatable bonds is 12. The van der Waals surface area contributed by atoms with Crippen molar-refractivity contribution in [3.05, 3.63) is 23.8 Å². The maximum absolute atomic E-state index is 5.84. The molecule has 0 aliphatic rings. The first-order valence-electron chi connectivity index (χ1n) is 8.22. The Hall–Kier alpha value is -0.830. The van der Waals surface area contributed by atoms with E-state index in [0.29, 0.717) is 0 Å². The highest BCUT2D eigenvalue weighted by molar-refractivity contribution is 7.80. The van der Waals surface area contributed by atoms with E-state index >= 15 is 0 Å². The largest absolute Gasteiger partial charge is 0.493 e. The monoisotopic (exact) mass is 310 g/mol. The molecule has 120 valence electrons. The third kappa shape index (κ3) is 7.66. The van der Waals surface area contributed by atoms with Crippen LogP contribution in [0.2, 0.25) is 0 Å². The molecule has 0 saturated carbocycles. The van der Waals surface area contributed by atoms with Crippen LogP contribution in [-0.4, -0.2) is 19.5 Å². The quantitative estimate of drug-likeness (QED) is 0.417. The van der Waals surface area contributed by atoms with Crippen LogP contribution in [0.1, 0.15) is 57.4 Å². The van der Waals surface area contributed by atoms with Crippen molar-refractivity contribution in [1.29, 1.82) is 0 Å². The molecule has 0 bridgehead atoms. The van der Waals surface area contributed by atoms with Crippen molar-refractivity contribution in [2.24, 2.45) is 0 Å². The zero-order valence-electron chi connectivity index (χ0n) is 13.6.